The van der Waals surface area contributed by atoms with E-state index in [9.17, 15) is 4.39 Å². The molecule has 0 saturated carbocycles. The molecule has 0 spiro atoms. The van der Waals surface area contributed by atoms with E-state index in [-0.39, 0.29) is 5.82 Å². The number of hydrogen-bond donors (Lipinski definition) is 0. The summed E-state index contributed by atoms with van der Waals surface area (Å²) in [6.07, 6.45) is 5.32. The van der Waals surface area contributed by atoms with Crippen LogP contribution in [0.15, 0.2) is 24.3 Å². The summed E-state index contributed by atoms with van der Waals surface area (Å²) in [6, 6.07) is 8.67. The molecule has 1 unspecified atom stereocenters. The Morgan fingerprint density at radius 3 is 2.30 bits per heavy atom. The standard InChI is InChI=1S/C22H35FN4/c1-2-24-12-9-19(10-13-24)27-11-5-6-20(18-27)25-14-16-26(17-15-25)22-8-4-3-7-21(22)23/h3-4,7-8,19-20H,2,5-6,9-18H2,1H3. The molecule has 3 saturated heterocycles. The molecule has 0 amide bonds. The Balaban J connectivity index is 1.29. The first-order chi connectivity index (χ1) is 13.2. The van der Waals surface area contributed by atoms with Crippen LogP contribution in [0, 0.1) is 5.82 Å². The number of likely N-dealkylation sites (tertiary alicyclic amines) is 2. The Morgan fingerprint density at radius 2 is 1.59 bits per heavy atom. The molecule has 0 bridgehead atoms. The summed E-state index contributed by atoms with van der Waals surface area (Å²) in [7, 11) is 0. The smallest absolute Gasteiger partial charge is 0.146 e. The highest BCUT2D eigenvalue weighted by atomic mass is 19.1. The van der Waals surface area contributed by atoms with E-state index in [0.717, 1.165) is 37.9 Å². The van der Waals surface area contributed by atoms with Gasteiger partial charge in [-0.25, -0.2) is 4.39 Å². The summed E-state index contributed by atoms with van der Waals surface area (Å²) in [5.74, 6) is -0.0896. The first-order valence-electron chi connectivity index (χ1n) is 10.9. The number of halogens is 1. The van der Waals surface area contributed by atoms with Crippen molar-refractivity contribution in [1.29, 1.82) is 0 Å². The molecule has 3 aliphatic rings. The molecule has 3 aliphatic heterocycles. The highest BCUT2D eigenvalue weighted by Crippen LogP contribution is 2.25. The Kier molecular flexibility index (Phi) is 6.31. The molecule has 1 atom stereocenters. The van der Waals surface area contributed by atoms with Crippen molar-refractivity contribution in [2.45, 2.75) is 44.7 Å². The van der Waals surface area contributed by atoms with E-state index in [1.54, 1.807) is 12.1 Å². The van der Waals surface area contributed by atoms with Crippen molar-refractivity contribution in [2.24, 2.45) is 0 Å². The third-order valence-corrected chi connectivity index (χ3v) is 6.97. The summed E-state index contributed by atoms with van der Waals surface area (Å²) in [5, 5.41) is 0. The molecule has 0 aliphatic carbocycles. The zero-order chi connectivity index (χ0) is 18.6. The SMILES string of the molecule is CCN1CCC(N2CCCC(N3CCN(c4ccccc4F)CC3)C2)CC1. The first-order valence-corrected chi connectivity index (χ1v) is 10.9. The average Bonchev–Trinajstić information content (AvgIpc) is 2.74. The van der Waals surface area contributed by atoms with E-state index in [4.69, 9.17) is 0 Å². The van der Waals surface area contributed by atoms with Gasteiger partial charge in [-0.3, -0.25) is 9.80 Å². The lowest BCUT2D eigenvalue weighted by molar-refractivity contribution is 0.0426. The van der Waals surface area contributed by atoms with Crippen LogP contribution < -0.4 is 4.90 Å². The van der Waals surface area contributed by atoms with Crippen molar-refractivity contribution >= 4 is 5.69 Å². The van der Waals surface area contributed by atoms with Crippen LogP contribution >= 0.6 is 0 Å². The predicted molar refractivity (Wildman–Crippen MR) is 110 cm³/mol. The molecule has 0 aromatic heterocycles. The van der Waals surface area contributed by atoms with Crippen molar-refractivity contribution in [3.63, 3.8) is 0 Å². The molecule has 3 heterocycles. The van der Waals surface area contributed by atoms with Crippen LogP contribution in [0.2, 0.25) is 0 Å². The Hall–Kier alpha value is -1.17. The highest BCUT2D eigenvalue weighted by Gasteiger charge is 2.32. The summed E-state index contributed by atoms with van der Waals surface area (Å²) < 4.78 is 14.1. The van der Waals surface area contributed by atoms with E-state index in [2.05, 4.69) is 26.5 Å². The van der Waals surface area contributed by atoms with Crippen LogP contribution in [0.5, 0.6) is 0 Å². The van der Waals surface area contributed by atoms with E-state index in [1.165, 1.54) is 58.4 Å². The molecule has 150 valence electrons. The van der Waals surface area contributed by atoms with Crippen LogP contribution in [0.4, 0.5) is 10.1 Å². The average molecular weight is 375 g/mol. The number of nitrogens with zero attached hydrogens (tertiary/aromatic N) is 4. The van der Waals surface area contributed by atoms with Gasteiger partial charge in [0.2, 0.25) is 0 Å². The zero-order valence-corrected chi connectivity index (χ0v) is 16.8. The maximum absolute atomic E-state index is 14.1. The maximum Gasteiger partial charge on any atom is 0.146 e. The van der Waals surface area contributed by atoms with Crippen molar-refractivity contribution < 1.29 is 4.39 Å². The van der Waals surface area contributed by atoms with Crippen LogP contribution in [0.1, 0.15) is 32.6 Å². The van der Waals surface area contributed by atoms with Crippen LogP contribution in [0.3, 0.4) is 0 Å². The second kappa shape index (κ2) is 8.89. The monoisotopic (exact) mass is 374 g/mol. The van der Waals surface area contributed by atoms with Crippen molar-refractivity contribution in [3.05, 3.63) is 30.1 Å². The van der Waals surface area contributed by atoms with Gasteiger partial charge in [0.25, 0.3) is 0 Å². The summed E-state index contributed by atoms with van der Waals surface area (Å²) in [6.45, 7) is 12.5. The quantitative estimate of drug-likeness (QED) is 0.803. The summed E-state index contributed by atoms with van der Waals surface area (Å²) in [5.41, 5.74) is 0.769. The summed E-state index contributed by atoms with van der Waals surface area (Å²) >= 11 is 0. The molecule has 27 heavy (non-hydrogen) atoms. The molecule has 1 aromatic carbocycles. The van der Waals surface area contributed by atoms with E-state index in [0.29, 0.717) is 6.04 Å². The maximum atomic E-state index is 14.1. The number of piperazine rings is 1. The van der Waals surface area contributed by atoms with Crippen molar-refractivity contribution in [3.8, 4) is 0 Å². The van der Waals surface area contributed by atoms with Crippen molar-refractivity contribution in [2.75, 3.05) is 63.8 Å². The minimum absolute atomic E-state index is 0.0896. The van der Waals surface area contributed by atoms with Gasteiger partial charge in [-0.05, 0) is 64.0 Å². The number of hydrogen-bond acceptors (Lipinski definition) is 4. The minimum Gasteiger partial charge on any atom is -0.367 e. The van der Waals surface area contributed by atoms with Crippen LogP contribution in [-0.2, 0) is 0 Å². The largest absolute Gasteiger partial charge is 0.367 e. The van der Waals surface area contributed by atoms with Gasteiger partial charge in [-0.1, -0.05) is 19.1 Å². The molecule has 4 rings (SSSR count). The molecule has 5 heteroatoms. The fourth-order valence-electron chi connectivity index (χ4n) is 5.25. The lowest BCUT2D eigenvalue weighted by Crippen LogP contribution is -2.57. The summed E-state index contributed by atoms with van der Waals surface area (Å²) in [4.78, 5) is 10.3. The lowest BCUT2D eigenvalue weighted by atomic mass is 9.97. The van der Waals surface area contributed by atoms with Gasteiger partial charge in [0, 0.05) is 44.8 Å². The molecular weight excluding hydrogens is 339 g/mol. The Bertz CT molecular complexity index is 594. The first kappa shape index (κ1) is 19.2. The molecule has 1 aromatic rings. The number of rotatable bonds is 4. The minimum atomic E-state index is -0.0896. The third kappa shape index (κ3) is 4.47. The number of piperidine rings is 2. The number of anilines is 1. The fourth-order valence-corrected chi connectivity index (χ4v) is 5.25. The fraction of sp³-hybridized carbons (Fsp3) is 0.727. The second-order valence-electron chi connectivity index (χ2n) is 8.43. The van der Waals surface area contributed by atoms with Gasteiger partial charge in [-0.15, -0.1) is 0 Å². The van der Waals surface area contributed by atoms with Gasteiger partial charge in [0.15, 0.2) is 0 Å². The Morgan fingerprint density at radius 1 is 0.852 bits per heavy atom. The zero-order valence-electron chi connectivity index (χ0n) is 16.8. The lowest BCUT2D eigenvalue weighted by Gasteiger charge is -2.47. The number of para-hydroxylation sites is 1. The van der Waals surface area contributed by atoms with E-state index >= 15 is 0 Å². The van der Waals surface area contributed by atoms with Gasteiger partial charge in [-0.2, -0.15) is 0 Å². The normalized spacial score (nSPS) is 27.2. The van der Waals surface area contributed by atoms with Gasteiger partial charge >= 0.3 is 0 Å². The van der Waals surface area contributed by atoms with Crippen LogP contribution in [0.25, 0.3) is 0 Å². The molecule has 0 radical (unpaired) electrons. The van der Waals surface area contributed by atoms with Gasteiger partial charge in [0.05, 0.1) is 5.69 Å². The van der Waals surface area contributed by atoms with Crippen LogP contribution in [-0.4, -0.2) is 85.7 Å². The highest BCUT2D eigenvalue weighted by molar-refractivity contribution is 5.48. The van der Waals surface area contributed by atoms with E-state index < -0.39 is 0 Å². The molecular formula is C22H35FN4. The molecule has 4 nitrogen and oxygen atoms in total. The van der Waals surface area contributed by atoms with Crippen molar-refractivity contribution in [1.82, 2.24) is 14.7 Å². The predicted octanol–water partition coefficient (Wildman–Crippen LogP) is 2.90. The molecule has 0 N–H and O–H groups in total. The third-order valence-electron chi connectivity index (χ3n) is 6.97. The number of benzene rings is 1. The molecule has 3 fully saturated rings. The topological polar surface area (TPSA) is 13.0 Å². The van der Waals surface area contributed by atoms with E-state index in [1.807, 2.05) is 12.1 Å². The van der Waals surface area contributed by atoms with Gasteiger partial charge < -0.3 is 9.80 Å². The second-order valence-corrected chi connectivity index (χ2v) is 8.43. The van der Waals surface area contributed by atoms with Gasteiger partial charge in [0.1, 0.15) is 5.82 Å². The Labute approximate surface area is 163 Å².